The molecular weight excluding hydrogens is 444 g/mol. The molecule has 186 valence electrons. The van der Waals surface area contributed by atoms with Crippen molar-refractivity contribution in [1.82, 2.24) is 14.8 Å². The summed E-state index contributed by atoms with van der Waals surface area (Å²) in [5.74, 6) is 0.939. The summed E-state index contributed by atoms with van der Waals surface area (Å²) >= 11 is 0. The molecule has 2 aromatic heterocycles. The van der Waals surface area contributed by atoms with E-state index in [-0.39, 0.29) is 0 Å². The minimum atomic E-state index is 0.729. The first-order valence-electron chi connectivity index (χ1n) is 12.6. The highest BCUT2D eigenvalue weighted by Gasteiger charge is 2.20. The highest BCUT2D eigenvalue weighted by atomic mass is 15.5. The van der Waals surface area contributed by atoms with Gasteiger partial charge in [0.05, 0.1) is 16.9 Å². The quantitative estimate of drug-likeness (QED) is 0.165. The predicted molar refractivity (Wildman–Crippen MR) is 152 cm³/mol. The molecule has 0 amide bonds. The molecule has 1 fully saturated rings. The van der Waals surface area contributed by atoms with Gasteiger partial charge in [0.2, 0.25) is 0 Å². The standard InChI is InChI=1S/C30H36N6/c1-21(2)36(27-16-17-28-26(18-27)20-35(6)33-28)34-29(11-9-7-8-10-24-13-14-24)30(31-5)23(4)25-15-12-22(3)32-19-25/h9,11-12,15-20,24H,1,5,7-8,10,13-14H2,2-4,6H3/b11-9-,30-23?,34-29-. The van der Waals surface area contributed by atoms with E-state index in [0.29, 0.717) is 0 Å². The molecule has 36 heavy (non-hydrogen) atoms. The molecule has 0 radical (unpaired) electrons. The van der Waals surface area contributed by atoms with Crippen molar-refractivity contribution in [2.75, 3.05) is 5.01 Å². The van der Waals surface area contributed by atoms with Crippen molar-refractivity contribution >= 4 is 34.6 Å². The SMILES string of the molecule is C=NC(=C(C)c1ccc(C)nc1)C(/C=C\CCCC1CC1)=N\N(C(=C)C)c1ccc2nn(C)cc2c1. The lowest BCUT2D eigenvalue weighted by Gasteiger charge is -2.21. The summed E-state index contributed by atoms with van der Waals surface area (Å²) in [4.78, 5) is 8.90. The molecule has 0 spiro atoms. The molecule has 3 aromatic rings. The predicted octanol–water partition coefficient (Wildman–Crippen LogP) is 7.24. The number of allylic oxidation sites excluding steroid dienone is 4. The molecule has 1 aliphatic carbocycles. The third-order valence-corrected chi connectivity index (χ3v) is 6.47. The van der Waals surface area contributed by atoms with Crippen LogP contribution in [0.4, 0.5) is 5.69 Å². The fourth-order valence-electron chi connectivity index (χ4n) is 4.24. The lowest BCUT2D eigenvalue weighted by Crippen LogP contribution is -2.16. The monoisotopic (exact) mass is 480 g/mol. The van der Waals surface area contributed by atoms with E-state index in [4.69, 9.17) is 5.10 Å². The van der Waals surface area contributed by atoms with Crippen molar-refractivity contribution in [3.63, 3.8) is 0 Å². The van der Waals surface area contributed by atoms with Gasteiger partial charge in [0, 0.05) is 36.2 Å². The average molecular weight is 481 g/mol. The highest BCUT2D eigenvalue weighted by Crippen LogP contribution is 2.34. The van der Waals surface area contributed by atoms with Crippen molar-refractivity contribution in [2.45, 2.75) is 52.9 Å². The van der Waals surface area contributed by atoms with E-state index in [1.165, 1.54) is 25.7 Å². The van der Waals surface area contributed by atoms with E-state index < -0.39 is 0 Å². The van der Waals surface area contributed by atoms with Crippen LogP contribution < -0.4 is 5.01 Å². The molecule has 1 saturated carbocycles. The zero-order chi connectivity index (χ0) is 25.7. The Labute approximate surface area is 214 Å². The van der Waals surface area contributed by atoms with Gasteiger partial charge in [0.15, 0.2) is 0 Å². The Bertz CT molecular complexity index is 1340. The van der Waals surface area contributed by atoms with Crippen molar-refractivity contribution in [3.8, 4) is 0 Å². The molecule has 0 unspecified atom stereocenters. The number of pyridine rings is 1. The summed E-state index contributed by atoms with van der Waals surface area (Å²) in [6.07, 6.45) is 14.4. The second-order valence-electron chi connectivity index (χ2n) is 9.67. The van der Waals surface area contributed by atoms with E-state index in [0.717, 1.165) is 62.9 Å². The van der Waals surface area contributed by atoms with Gasteiger partial charge in [-0.15, -0.1) is 0 Å². The van der Waals surface area contributed by atoms with E-state index in [1.807, 2.05) is 68.1 Å². The topological polar surface area (TPSA) is 58.7 Å². The second kappa shape index (κ2) is 11.3. The number of rotatable bonds is 11. The van der Waals surface area contributed by atoms with Crippen molar-refractivity contribution in [3.05, 3.63) is 84.1 Å². The molecule has 1 aromatic carbocycles. The van der Waals surface area contributed by atoms with Gasteiger partial charge in [0.1, 0.15) is 5.71 Å². The number of nitrogens with zero attached hydrogens (tertiary/aromatic N) is 6. The summed E-state index contributed by atoms with van der Waals surface area (Å²) in [7, 11) is 1.93. The summed E-state index contributed by atoms with van der Waals surface area (Å²) in [6.45, 7) is 14.1. The summed E-state index contributed by atoms with van der Waals surface area (Å²) in [5, 5.41) is 12.5. The normalized spacial score (nSPS) is 14.8. The molecule has 6 nitrogen and oxygen atoms in total. The maximum Gasteiger partial charge on any atom is 0.110 e. The van der Waals surface area contributed by atoms with Crippen LogP contribution in [0.15, 0.2) is 82.9 Å². The van der Waals surface area contributed by atoms with Crippen molar-refractivity contribution in [1.29, 1.82) is 0 Å². The lowest BCUT2D eigenvalue weighted by atomic mass is 10.0. The molecular formula is C30H36N6. The van der Waals surface area contributed by atoms with Gasteiger partial charge in [-0.05, 0) is 87.7 Å². The number of hydrazone groups is 1. The van der Waals surface area contributed by atoms with Crippen LogP contribution in [0.1, 0.15) is 57.2 Å². The smallest absolute Gasteiger partial charge is 0.110 e. The van der Waals surface area contributed by atoms with Crippen LogP contribution in [0.3, 0.4) is 0 Å². The van der Waals surface area contributed by atoms with Gasteiger partial charge < -0.3 is 0 Å². The Balaban J connectivity index is 1.74. The van der Waals surface area contributed by atoms with Crippen molar-refractivity contribution in [2.24, 2.45) is 23.1 Å². The number of hydrogen-bond acceptors (Lipinski definition) is 5. The summed E-state index contributed by atoms with van der Waals surface area (Å²) < 4.78 is 1.82. The van der Waals surface area contributed by atoms with Crippen LogP contribution in [-0.2, 0) is 7.05 Å². The van der Waals surface area contributed by atoms with Crippen LogP contribution in [0.2, 0.25) is 0 Å². The minimum Gasteiger partial charge on any atom is -0.275 e. The van der Waals surface area contributed by atoms with Crippen LogP contribution in [0, 0.1) is 12.8 Å². The van der Waals surface area contributed by atoms with Crippen LogP contribution >= 0.6 is 0 Å². The first-order chi connectivity index (χ1) is 17.4. The molecule has 2 heterocycles. The van der Waals surface area contributed by atoms with E-state index in [1.54, 1.807) is 0 Å². The van der Waals surface area contributed by atoms with Gasteiger partial charge in [-0.25, -0.2) is 5.01 Å². The number of unbranched alkanes of at least 4 members (excludes halogenated alkanes) is 1. The van der Waals surface area contributed by atoms with Gasteiger partial charge in [-0.3, -0.25) is 14.7 Å². The molecule has 0 bridgehead atoms. The Kier molecular flexibility index (Phi) is 7.93. The number of fused-ring (bicyclic) bond motifs is 1. The molecule has 4 rings (SSSR count). The zero-order valence-electron chi connectivity index (χ0n) is 21.9. The van der Waals surface area contributed by atoms with Gasteiger partial charge >= 0.3 is 0 Å². The van der Waals surface area contributed by atoms with Crippen LogP contribution in [0.5, 0.6) is 0 Å². The maximum absolute atomic E-state index is 5.06. The van der Waals surface area contributed by atoms with Gasteiger partial charge in [-0.1, -0.05) is 38.0 Å². The number of hydrogen-bond donors (Lipinski definition) is 0. The molecule has 0 aliphatic heterocycles. The number of aryl methyl sites for hydroxylation is 2. The summed E-state index contributed by atoms with van der Waals surface area (Å²) in [6, 6.07) is 10.2. The van der Waals surface area contributed by atoms with Gasteiger partial charge in [0.25, 0.3) is 0 Å². The Hall–Kier alpha value is -3.80. The number of aliphatic imine (C=N–C) groups is 1. The van der Waals surface area contributed by atoms with E-state index in [9.17, 15) is 0 Å². The average Bonchev–Trinajstić information content (AvgIpc) is 3.60. The lowest BCUT2D eigenvalue weighted by molar-refractivity contribution is 0.675. The fraction of sp³-hybridized carbons (Fsp3) is 0.333. The zero-order valence-corrected chi connectivity index (χ0v) is 21.9. The largest absolute Gasteiger partial charge is 0.275 e. The minimum absolute atomic E-state index is 0.729. The van der Waals surface area contributed by atoms with E-state index in [2.05, 4.69) is 52.7 Å². The van der Waals surface area contributed by atoms with Crippen LogP contribution in [-0.4, -0.2) is 27.2 Å². The Morgan fingerprint density at radius 2 is 2.03 bits per heavy atom. The third kappa shape index (κ3) is 6.25. The Morgan fingerprint density at radius 1 is 1.22 bits per heavy atom. The second-order valence-corrected chi connectivity index (χ2v) is 9.67. The molecule has 6 heteroatoms. The molecule has 0 saturated heterocycles. The summed E-state index contributed by atoms with van der Waals surface area (Å²) in [5.41, 5.74) is 7.08. The first kappa shape index (κ1) is 25.3. The number of aromatic nitrogens is 3. The third-order valence-electron chi connectivity index (χ3n) is 6.47. The highest BCUT2D eigenvalue weighted by molar-refractivity contribution is 6.13. The molecule has 1 aliphatic rings. The molecule has 0 atom stereocenters. The molecule has 0 N–H and O–H groups in total. The van der Waals surface area contributed by atoms with E-state index >= 15 is 0 Å². The maximum atomic E-state index is 5.06. The fourth-order valence-corrected chi connectivity index (χ4v) is 4.24. The number of benzene rings is 1. The van der Waals surface area contributed by atoms with Crippen LogP contribution in [0.25, 0.3) is 16.5 Å². The first-order valence-corrected chi connectivity index (χ1v) is 12.6. The van der Waals surface area contributed by atoms with Gasteiger partial charge in [-0.2, -0.15) is 10.2 Å². The Morgan fingerprint density at radius 3 is 2.69 bits per heavy atom. The number of anilines is 1. The van der Waals surface area contributed by atoms with Crippen molar-refractivity contribution < 1.29 is 0 Å².